The highest BCUT2D eigenvalue weighted by atomic mass is 32.2. The van der Waals surface area contributed by atoms with E-state index >= 15 is 0 Å². The van der Waals surface area contributed by atoms with E-state index in [2.05, 4.69) is 0 Å². The van der Waals surface area contributed by atoms with Crippen LogP contribution in [0.3, 0.4) is 0 Å². The number of aromatic nitrogens is 2. The van der Waals surface area contributed by atoms with Crippen LogP contribution in [0.5, 0.6) is 0 Å². The molecule has 0 amide bonds. The number of benzene rings is 1. The molecule has 0 radical (unpaired) electrons. The van der Waals surface area contributed by atoms with Crippen molar-refractivity contribution in [2.24, 2.45) is 0 Å². The van der Waals surface area contributed by atoms with E-state index in [9.17, 15) is 9.59 Å². The fraction of sp³-hybridized carbons (Fsp3) is 0.333. The Bertz CT molecular complexity index is 725. The fourth-order valence-electron chi connectivity index (χ4n) is 1.92. The second-order valence-corrected chi connectivity index (χ2v) is 5.55. The molecule has 0 spiro atoms. The SMILES string of the molecule is CCn1c(=O)cc(Sc2ccccc2)n(COCCO)c1=O. The van der Waals surface area contributed by atoms with Crippen LogP contribution in [0.2, 0.25) is 0 Å². The predicted octanol–water partition coefficient (Wildman–Crippen LogP) is 1.15. The number of aliphatic hydroxyl groups is 1. The molecule has 0 aliphatic carbocycles. The Balaban J connectivity index is 2.42. The molecule has 0 unspecified atom stereocenters. The van der Waals surface area contributed by atoms with Crippen LogP contribution in [0.15, 0.2) is 55.9 Å². The zero-order valence-corrected chi connectivity index (χ0v) is 13.1. The van der Waals surface area contributed by atoms with E-state index in [4.69, 9.17) is 9.84 Å². The van der Waals surface area contributed by atoms with Gasteiger partial charge in [-0.05, 0) is 19.1 Å². The summed E-state index contributed by atoms with van der Waals surface area (Å²) in [6, 6.07) is 10.9. The summed E-state index contributed by atoms with van der Waals surface area (Å²) in [7, 11) is 0. The Morgan fingerprint density at radius 3 is 2.55 bits per heavy atom. The molecule has 0 bridgehead atoms. The number of aliphatic hydroxyl groups excluding tert-OH is 1. The van der Waals surface area contributed by atoms with E-state index in [1.54, 1.807) is 6.92 Å². The average molecular weight is 322 g/mol. The second kappa shape index (κ2) is 7.98. The summed E-state index contributed by atoms with van der Waals surface area (Å²) in [5, 5.41) is 9.31. The standard InChI is InChI=1S/C15H18N2O4S/c1-2-16-13(19)10-14(22-12-6-4-3-5-7-12)17(15(16)20)11-21-9-8-18/h3-7,10,18H,2,8-9,11H2,1H3. The van der Waals surface area contributed by atoms with Crippen molar-refractivity contribution in [1.82, 2.24) is 9.13 Å². The smallest absolute Gasteiger partial charge is 0.333 e. The zero-order valence-electron chi connectivity index (χ0n) is 12.3. The molecule has 0 fully saturated rings. The topological polar surface area (TPSA) is 73.5 Å². The van der Waals surface area contributed by atoms with E-state index in [1.807, 2.05) is 30.3 Å². The van der Waals surface area contributed by atoms with E-state index < -0.39 is 5.69 Å². The van der Waals surface area contributed by atoms with Crippen LogP contribution < -0.4 is 11.2 Å². The van der Waals surface area contributed by atoms with Gasteiger partial charge >= 0.3 is 5.69 Å². The van der Waals surface area contributed by atoms with Crippen molar-refractivity contribution >= 4 is 11.8 Å². The number of hydrogen-bond donors (Lipinski definition) is 1. The highest BCUT2D eigenvalue weighted by Gasteiger charge is 2.11. The molecule has 118 valence electrons. The minimum absolute atomic E-state index is 0.00512. The molecule has 1 aromatic heterocycles. The van der Waals surface area contributed by atoms with Gasteiger partial charge in [0.05, 0.1) is 18.2 Å². The predicted molar refractivity (Wildman–Crippen MR) is 84.2 cm³/mol. The van der Waals surface area contributed by atoms with Crippen molar-refractivity contribution in [3.63, 3.8) is 0 Å². The highest BCUT2D eigenvalue weighted by molar-refractivity contribution is 7.99. The van der Waals surface area contributed by atoms with Crippen molar-refractivity contribution in [3.8, 4) is 0 Å². The quantitative estimate of drug-likeness (QED) is 0.611. The lowest BCUT2D eigenvalue weighted by Crippen LogP contribution is -2.40. The summed E-state index contributed by atoms with van der Waals surface area (Å²) < 4.78 is 7.80. The molecule has 1 N–H and O–H groups in total. The number of rotatable bonds is 7. The lowest BCUT2D eigenvalue weighted by Gasteiger charge is -2.14. The maximum absolute atomic E-state index is 12.4. The number of ether oxygens (including phenoxy) is 1. The third-order valence-electron chi connectivity index (χ3n) is 2.98. The van der Waals surface area contributed by atoms with Gasteiger partial charge in [0.25, 0.3) is 5.56 Å². The van der Waals surface area contributed by atoms with Crippen molar-refractivity contribution in [3.05, 3.63) is 57.2 Å². The monoisotopic (exact) mass is 322 g/mol. The third kappa shape index (κ3) is 3.88. The van der Waals surface area contributed by atoms with Crippen LogP contribution in [-0.4, -0.2) is 27.5 Å². The van der Waals surface area contributed by atoms with Crippen molar-refractivity contribution in [1.29, 1.82) is 0 Å². The molecule has 1 aromatic carbocycles. The van der Waals surface area contributed by atoms with Crippen LogP contribution in [0.4, 0.5) is 0 Å². The Kier molecular flexibility index (Phi) is 6.00. The highest BCUT2D eigenvalue weighted by Crippen LogP contribution is 2.25. The van der Waals surface area contributed by atoms with Crippen molar-refractivity contribution in [2.45, 2.75) is 30.1 Å². The first kappa shape index (κ1) is 16.5. The molecular formula is C15H18N2O4S. The molecule has 0 aliphatic rings. The van der Waals surface area contributed by atoms with Gasteiger partial charge in [0.1, 0.15) is 6.73 Å². The van der Waals surface area contributed by atoms with Gasteiger partial charge in [-0.3, -0.25) is 13.9 Å². The summed E-state index contributed by atoms with van der Waals surface area (Å²) in [5.41, 5.74) is -0.740. The van der Waals surface area contributed by atoms with Gasteiger partial charge in [-0.15, -0.1) is 0 Å². The molecule has 2 aromatic rings. The molecule has 1 heterocycles. The van der Waals surface area contributed by atoms with Gasteiger partial charge in [-0.25, -0.2) is 4.79 Å². The van der Waals surface area contributed by atoms with Crippen LogP contribution in [-0.2, 0) is 18.0 Å². The molecule has 0 aliphatic heterocycles. The molecule has 7 heteroatoms. The van der Waals surface area contributed by atoms with Gasteiger partial charge in [0.15, 0.2) is 0 Å². The van der Waals surface area contributed by atoms with E-state index in [0.29, 0.717) is 11.6 Å². The minimum atomic E-state index is -0.411. The first-order valence-corrected chi connectivity index (χ1v) is 7.75. The minimum Gasteiger partial charge on any atom is -0.394 e. The van der Waals surface area contributed by atoms with Crippen LogP contribution in [0.25, 0.3) is 0 Å². The summed E-state index contributed by atoms with van der Waals surface area (Å²) >= 11 is 1.33. The molecular weight excluding hydrogens is 304 g/mol. The number of hydrogen-bond acceptors (Lipinski definition) is 5. The van der Waals surface area contributed by atoms with Gasteiger partial charge < -0.3 is 9.84 Å². The molecule has 0 atom stereocenters. The Morgan fingerprint density at radius 2 is 1.91 bits per heavy atom. The normalized spacial score (nSPS) is 10.8. The average Bonchev–Trinajstić information content (AvgIpc) is 2.52. The molecule has 2 rings (SSSR count). The van der Waals surface area contributed by atoms with Gasteiger partial charge in [-0.2, -0.15) is 0 Å². The molecule has 6 nitrogen and oxygen atoms in total. The summed E-state index contributed by atoms with van der Waals surface area (Å²) in [6.45, 7) is 2.05. The van der Waals surface area contributed by atoms with Gasteiger partial charge in [0.2, 0.25) is 0 Å². The summed E-state index contributed by atoms with van der Waals surface area (Å²) in [6.07, 6.45) is 0. The van der Waals surface area contributed by atoms with Crippen molar-refractivity contribution < 1.29 is 9.84 Å². The van der Waals surface area contributed by atoms with Crippen LogP contribution >= 0.6 is 11.8 Å². The first-order valence-electron chi connectivity index (χ1n) is 6.93. The largest absolute Gasteiger partial charge is 0.394 e. The molecule has 22 heavy (non-hydrogen) atoms. The second-order valence-electron chi connectivity index (χ2n) is 4.45. The van der Waals surface area contributed by atoms with Crippen LogP contribution in [0, 0.1) is 0 Å². The fourth-order valence-corrected chi connectivity index (χ4v) is 2.86. The Labute approximate surface area is 132 Å². The first-order chi connectivity index (χ1) is 10.7. The molecule has 0 saturated carbocycles. The molecule has 0 saturated heterocycles. The zero-order chi connectivity index (χ0) is 15.9. The maximum Gasteiger partial charge on any atom is 0.333 e. The van der Waals surface area contributed by atoms with Gasteiger partial charge in [0, 0.05) is 17.5 Å². The maximum atomic E-state index is 12.4. The van der Waals surface area contributed by atoms with E-state index in [0.717, 1.165) is 9.46 Å². The van der Waals surface area contributed by atoms with E-state index in [1.165, 1.54) is 22.4 Å². The third-order valence-corrected chi connectivity index (χ3v) is 4.03. The summed E-state index contributed by atoms with van der Waals surface area (Å²) in [5.74, 6) is 0. The lowest BCUT2D eigenvalue weighted by atomic mass is 10.4. The lowest BCUT2D eigenvalue weighted by molar-refractivity contribution is 0.0404. The van der Waals surface area contributed by atoms with E-state index in [-0.39, 0.29) is 25.5 Å². The van der Waals surface area contributed by atoms with Crippen molar-refractivity contribution in [2.75, 3.05) is 13.2 Å². The van der Waals surface area contributed by atoms with Gasteiger partial charge in [-0.1, -0.05) is 30.0 Å². The Hall–Kier alpha value is -1.83. The van der Waals surface area contributed by atoms with Crippen LogP contribution in [0.1, 0.15) is 6.92 Å². The summed E-state index contributed by atoms with van der Waals surface area (Å²) in [4.78, 5) is 25.3. The number of nitrogens with zero attached hydrogens (tertiary/aromatic N) is 2. The Morgan fingerprint density at radius 1 is 1.18 bits per heavy atom.